The Hall–Kier alpha value is -2.12. The Bertz CT molecular complexity index is 438. The predicted molar refractivity (Wildman–Crippen MR) is 70.4 cm³/mol. The fourth-order valence-electron chi connectivity index (χ4n) is 1.40. The summed E-state index contributed by atoms with van der Waals surface area (Å²) in [6, 6.07) is 8.00. The molecule has 0 saturated carbocycles. The van der Waals surface area contributed by atoms with Crippen molar-refractivity contribution in [1.82, 2.24) is 10.4 Å². The SMILES string of the molecule is CON(C)C(=O)[C@H](CO)NC(=O)OCc1ccccc1. The molecule has 0 aliphatic carbocycles. The van der Waals surface area contributed by atoms with Gasteiger partial charge in [-0.25, -0.2) is 9.86 Å². The van der Waals surface area contributed by atoms with Gasteiger partial charge in [0, 0.05) is 7.05 Å². The number of rotatable bonds is 6. The lowest BCUT2D eigenvalue weighted by Crippen LogP contribution is -2.49. The van der Waals surface area contributed by atoms with Gasteiger partial charge in [0.25, 0.3) is 5.91 Å². The van der Waals surface area contributed by atoms with Gasteiger partial charge in [0.15, 0.2) is 0 Å². The van der Waals surface area contributed by atoms with Gasteiger partial charge in [-0.3, -0.25) is 9.63 Å². The number of hydrogen-bond acceptors (Lipinski definition) is 5. The Morgan fingerprint density at radius 1 is 1.35 bits per heavy atom. The second-order valence-corrected chi connectivity index (χ2v) is 3.96. The Kier molecular flexibility index (Phi) is 6.48. The molecule has 20 heavy (non-hydrogen) atoms. The number of hydrogen-bond donors (Lipinski definition) is 2. The van der Waals surface area contributed by atoms with E-state index >= 15 is 0 Å². The minimum atomic E-state index is -1.11. The molecule has 0 fully saturated rings. The summed E-state index contributed by atoms with van der Waals surface area (Å²) < 4.78 is 4.95. The molecule has 0 radical (unpaired) electrons. The fourth-order valence-corrected chi connectivity index (χ4v) is 1.40. The van der Waals surface area contributed by atoms with E-state index in [0.29, 0.717) is 0 Å². The number of aliphatic hydroxyl groups excluding tert-OH is 1. The maximum Gasteiger partial charge on any atom is 0.408 e. The number of nitrogens with one attached hydrogen (secondary N) is 1. The zero-order valence-corrected chi connectivity index (χ0v) is 11.4. The second kappa shape index (κ2) is 8.13. The molecule has 0 spiro atoms. The first-order valence-corrected chi connectivity index (χ1v) is 5.98. The second-order valence-electron chi connectivity index (χ2n) is 3.96. The molecule has 110 valence electrons. The number of carbonyl (C=O) groups excluding carboxylic acids is 2. The molecule has 7 nitrogen and oxygen atoms in total. The van der Waals surface area contributed by atoms with Gasteiger partial charge in [0.1, 0.15) is 12.6 Å². The van der Waals surface area contributed by atoms with Gasteiger partial charge < -0.3 is 15.2 Å². The molecule has 0 unspecified atom stereocenters. The number of hydroxylamine groups is 2. The highest BCUT2D eigenvalue weighted by Crippen LogP contribution is 2.01. The van der Waals surface area contributed by atoms with Crippen molar-refractivity contribution >= 4 is 12.0 Å². The lowest BCUT2D eigenvalue weighted by molar-refractivity contribution is -0.171. The maximum absolute atomic E-state index is 11.7. The third kappa shape index (κ3) is 4.87. The average Bonchev–Trinajstić information content (AvgIpc) is 2.50. The summed E-state index contributed by atoms with van der Waals surface area (Å²) in [5, 5.41) is 12.3. The molecule has 0 aliphatic heterocycles. The standard InChI is InChI=1S/C13H18N2O5/c1-15(19-2)12(17)11(8-16)14-13(18)20-9-10-6-4-3-5-7-10/h3-7,11,16H,8-9H2,1-2H3,(H,14,18)/t11-/m0/s1. The van der Waals surface area contributed by atoms with Crippen LogP contribution >= 0.6 is 0 Å². The van der Waals surface area contributed by atoms with Gasteiger partial charge in [0.2, 0.25) is 0 Å². The summed E-state index contributed by atoms with van der Waals surface area (Å²) in [7, 11) is 2.68. The predicted octanol–water partition coefficient (Wildman–Crippen LogP) is 0.293. The van der Waals surface area contributed by atoms with Crippen molar-refractivity contribution < 1.29 is 24.3 Å². The van der Waals surface area contributed by atoms with Crippen molar-refractivity contribution in [3.05, 3.63) is 35.9 Å². The van der Waals surface area contributed by atoms with Crippen molar-refractivity contribution in [1.29, 1.82) is 0 Å². The highest BCUT2D eigenvalue weighted by Gasteiger charge is 2.24. The highest BCUT2D eigenvalue weighted by atomic mass is 16.7. The van der Waals surface area contributed by atoms with Crippen LogP contribution in [-0.2, 0) is 21.0 Å². The summed E-state index contributed by atoms with van der Waals surface area (Å²) in [6.07, 6.45) is -0.786. The van der Waals surface area contributed by atoms with E-state index in [-0.39, 0.29) is 6.61 Å². The Balaban J connectivity index is 2.45. The van der Waals surface area contributed by atoms with E-state index in [9.17, 15) is 9.59 Å². The molecule has 0 saturated heterocycles. The Morgan fingerprint density at radius 3 is 2.55 bits per heavy atom. The molecule has 0 heterocycles. The lowest BCUT2D eigenvalue weighted by atomic mass is 10.2. The molecular formula is C13H18N2O5. The Morgan fingerprint density at radius 2 is 2.00 bits per heavy atom. The van der Waals surface area contributed by atoms with Crippen molar-refractivity contribution in [2.24, 2.45) is 0 Å². The fraction of sp³-hybridized carbons (Fsp3) is 0.385. The van der Waals surface area contributed by atoms with Crippen LogP contribution in [0.2, 0.25) is 0 Å². The van der Waals surface area contributed by atoms with Crippen LogP contribution in [-0.4, -0.2) is 49.0 Å². The largest absolute Gasteiger partial charge is 0.445 e. The van der Waals surface area contributed by atoms with Crippen LogP contribution in [0.1, 0.15) is 5.56 Å². The number of amides is 2. The van der Waals surface area contributed by atoms with Gasteiger partial charge in [-0.05, 0) is 5.56 Å². The molecule has 0 aliphatic rings. The summed E-state index contributed by atoms with van der Waals surface area (Å²) in [4.78, 5) is 27.9. The summed E-state index contributed by atoms with van der Waals surface area (Å²) in [6.45, 7) is -0.466. The summed E-state index contributed by atoms with van der Waals surface area (Å²) in [5.74, 6) is -0.577. The van der Waals surface area contributed by atoms with E-state index in [1.54, 1.807) is 12.1 Å². The number of benzene rings is 1. The van der Waals surface area contributed by atoms with Crippen LogP contribution in [0.3, 0.4) is 0 Å². The minimum absolute atomic E-state index is 0.0825. The van der Waals surface area contributed by atoms with Crippen molar-refractivity contribution in [3.8, 4) is 0 Å². The van der Waals surface area contributed by atoms with Crippen molar-refractivity contribution in [2.45, 2.75) is 12.6 Å². The van der Waals surface area contributed by atoms with E-state index in [0.717, 1.165) is 10.6 Å². The first-order chi connectivity index (χ1) is 9.58. The van der Waals surface area contributed by atoms with Gasteiger partial charge in [-0.15, -0.1) is 0 Å². The molecule has 7 heteroatoms. The van der Waals surface area contributed by atoms with E-state index in [1.807, 2.05) is 18.2 Å². The first-order valence-electron chi connectivity index (χ1n) is 5.98. The van der Waals surface area contributed by atoms with Crippen LogP contribution < -0.4 is 5.32 Å². The molecule has 1 aromatic carbocycles. The van der Waals surface area contributed by atoms with E-state index in [1.165, 1.54) is 14.2 Å². The third-order valence-electron chi connectivity index (χ3n) is 2.57. The average molecular weight is 282 g/mol. The van der Waals surface area contributed by atoms with Gasteiger partial charge >= 0.3 is 6.09 Å². The highest BCUT2D eigenvalue weighted by molar-refractivity contribution is 5.84. The molecule has 0 aromatic heterocycles. The smallest absolute Gasteiger partial charge is 0.408 e. The number of ether oxygens (including phenoxy) is 1. The van der Waals surface area contributed by atoms with Gasteiger partial charge in [-0.1, -0.05) is 30.3 Å². The van der Waals surface area contributed by atoms with Crippen molar-refractivity contribution in [2.75, 3.05) is 20.8 Å². The van der Waals surface area contributed by atoms with Crippen LogP contribution in [0, 0.1) is 0 Å². The number of alkyl carbamates (subject to hydrolysis) is 1. The summed E-state index contributed by atoms with van der Waals surface area (Å²) >= 11 is 0. The number of aliphatic hydroxyl groups is 1. The van der Waals surface area contributed by atoms with Crippen LogP contribution in [0.4, 0.5) is 4.79 Å². The number of carbonyl (C=O) groups is 2. The summed E-state index contributed by atoms with van der Waals surface area (Å²) in [5.41, 5.74) is 0.823. The first kappa shape index (κ1) is 15.9. The molecule has 1 rings (SSSR count). The zero-order chi connectivity index (χ0) is 15.0. The number of nitrogens with zero attached hydrogens (tertiary/aromatic N) is 1. The zero-order valence-electron chi connectivity index (χ0n) is 11.4. The molecule has 1 aromatic rings. The van der Waals surface area contributed by atoms with Crippen LogP contribution in [0.15, 0.2) is 30.3 Å². The molecular weight excluding hydrogens is 264 g/mol. The van der Waals surface area contributed by atoms with Crippen LogP contribution in [0.25, 0.3) is 0 Å². The quantitative estimate of drug-likeness (QED) is 0.732. The van der Waals surface area contributed by atoms with Gasteiger partial charge in [-0.2, -0.15) is 0 Å². The van der Waals surface area contributed by atoms with E-state index < -0.39 is 24.6 Å². The lowest BCUT2D eigenvalue weighted by Gasteiger charge is -2.20. The Labute approximate surface area is 117 Å². The van der Waals surface area contributed by atoms with E-state index in [2.05, 4.69) is 10.2 Å². The molecule has 2 N–H and O–H groups in total. The van der Waals surface area contributed by atoms with Gasteiger partial charge in [0.05, 0.1) is 13.7 Å². The molecule has 1 atom stereocenters. The number of likely N-dealkylation sites (N-methyl/N-ethyl adjacent to an activating group) is 1. The third-order valence-corrected chi connectivity index (χ3v) is 2.57. The molecule has 0 bridgehead atoms. The van der Waals surface area contributed by atoms with Crippen LogP contribution in [0.5, 0.6) is 0 Å². The van der Waals surface area contributed by atoms with E-state index in [4.69, 9.17) is 9.84 Å². The normalized spacial score (nSPS) is 11.6. The molecule has 2 amide bonds. The topological polar surface area (TPSA) is 88.1 Å². The van der Waals surface area contributed by atoms with Crippen molar-refractivity contribution in [3.63, 3.8) is 0 Å². The monoisotopic (exact) mass is 282 g/mol. The minimum Gasteiger partial charge on any atom is -0.445 e. The maximum atomic E-state index is 11.7.